The fourth-order valence-corrected chi connectivity index (χ4v) is 2.22. The summed E-state index contributed by atoms with van der Waals surface area (Å²) in [6.07, 6.45) is 6.94. The topological polar surface area (TPSA) is 38.3 Å². The van der Waals surface area contributed by atoms with Gasteiger partial charge in [-0.25, -0.2) is 4.79 Å². The second-order valence-electron chi connectivity index (χ2n) is 6.04. The lowest BCUT2D eigenvalue weighted by atomic mass is 9.95. The number of halogens is 1. The molecule has 0 saturated heterocycles. The largest absolute Gasteiger partial charge is 0.444 e. The van der Waals surface area contributed by atoms with Crippen LogP contribution in [0.5, 0.6) is 0 Å². The van der Waals surface area contributed by atoms with Gasteiger partial charge < -0.3 is 4.74 Å². The molecule has 1 aromatic rings. The Hall–Kier alpha value is -1.66. The number of benzene rings is 1. The highest BCUT2D eigenvalue weighted by atomic mass is 35.5. The summed E-state index contributed by atoms with van der Waals surface area (Å²) >= 11 is 6.04. The minimum atomic E-state index is -0.542. The molecule has 4 heteroatoms. The number of ether oxygens (including phenoxy) is 1. The standard InChI is InChI=1S/C16H18ClNO2/c1-5-16(8-9-16)12-10-11(17)6-7-13(12)18-14(19)20-15(2,3)4/h1,6-7,10H,8-9H2,2-4H3,(H,18,19). The minimum absolute atomic E-state index is 0.296. The molecule has 20 heavy (non-hydrogen) atoms. The maximum atomic E-state index is 11.9. The number of carbonyl (C=O) groups excluding carboxylic acids is 1. The average Bonchev–Trinajstić information content (AvgIpc) is 3.10. The summed E-state index contributed by atoms with van der Waals surface area (Å²) in [6, 6.07) is 5.31. The molecule has 1 amide bonds. The van der Waals surface area contributed by atoms with Gasteiger partial charge in [-0.05, 0) is 57.4 Å². The maximum Gasteiger partial charge on any atom is 0.412 e. The van der Waals surface area contributed by atoms with Gasteiger partial charge in [-0.3, -0.25) is 5.32 Å². The zero-order valence-corrected chi connectivity index (χ0v) is 12.7. The molecule has 2 rings (SSSR count). The number of carbonyl (C=O) groups is 1. The van der Waals surface area contributed by atoms with E-state index in [-0.39, 0.29) is 5.41 Å². The van der Waals surface area contributed by atoms with Gasteiger partial charge in [0.05, 0.1) is 5.41 Å². The van der Waals surface area contributed by atoms with Crippen LogP contribution in [-0.4, -0.2) is 11.7 Å². The van der Waals surface area contributed by atoms with Crippen LogP contribution >= 0.6 is 11.6 Å². The summed E-state index contributed by atoms with van der Waals surface area (Å²) < 4.78 is 5.26. The van der Waals surface area contributed by atoms with E-state index in [0.717, 1.165) is 18.4 Å². The lowest BCUT2D eigenvalue weighted by Gasteiger charge is -2.21. The average molecular weight is 292 g/mol. The van der Waals surface area contributed by atoms with Crippen LogP contribution in [0.25, 0.3) is 0 Å². The van der Waals surface area contributed by atoms with Crippen LogP contribution in [0.3, 0.4) is 0 Å². The normalized spacial score (nSPS) is 16.1. The number of terminal acetylenes is 1. The van der Waals surface area contributed by atoms with Gasteiger partial charge in [-0.2, -0.15) is 0 Å². The Morgan fingerprint density at radius 2 is 2.10 bits per heavy atom. The first-order valence-corrected chi connectivity index (χ1v) is 6.91. The van der Waals surface area contributed by atoms with Gasteiger partial charge in [0.25, 0.3) is 0 Å². The smallest absolute Gasteiger partial charge is 0.412 e. The van der Waals surface area contributed by atoms with Gasteiger partial charge in [0.15, 0.2) is 0 Å². The second kappa shape index (κ2) is 5.03. The zero-order chi connectivity index (χ0) is 15.0. The van der Waals surface area contributed by atoms with Gasteiger partial charge in [0, 0.05) is 10.7 Å². The van der Waals surface area contributed by atoms with Crippen molar-refractivity contribution in [1.82, 2.24) is 0 Å². The van der Waals surface area contributed by atoms with Gasteiger partial charge in [-0.1, -0.05) is 17.5 Å². The van der Waals surface area contributed by atoms with E-state index in [0.29, 0.717) is 10.7 Å². The molecule has 1 N–H and O–H groups in total. The first-order valence-electron chi connectivity index (χ1n) is 6.54. The van der Waals surface area contributed by atoms with Crippen molar-refractivity contribution in [3.63, 3.8) is 0 Å². The highest BCUT2D eigenvalue weighted by molar-refractivity contribution is 6.30. The molecule has 0 heterocycles. The maximum absolute atomic E-state index is 11.9. The lowest BCUT2D eigenvalue weighted by Crippen LogP contribution is -2.27. The van der Waals surface area contributed by atoms with E-state index in [1.54, 1.807) is 12.1 Å². The predicted molar refractivity (Wildman–Crippen MR) is 81.1 cm³/mol. The molecule has 0 unspecified atom stereocenters. The zero-order valence-electron chi connectivity index (χ0n) is 11.9. The fourth-order valence-electron chi connectivity index (χ4n) is 2.05. The molecule has 106 valence electrons. The number of anilines is 1. The van der Waals surface area contributed by atoms with E-state index in [1.807, 2.05) is 26.8 Å². The van der Waals surface area contributed by atoms with E-state index in [9.17, 15) is 4.79 Å². The van der Waals surface area contributed by atoms with Crippen LogP contribution in [0.15, 0.2) is 18.2 Å². The molecule has 0 radical (unpaired) electrons. The summed E-state index contributed by atoms with van der Waals surface area (Å²) in [5.74, 6) is 2.81. The van der Waals surface area contributed by atoms with Crippen LogP contribution in [0.1, 0.15) is 39.2 Å². The summed E-state index contributed by atoms with van der Waals surface area (Å²) in [6.45, 7) is 5.46. The van der Waals surface area contributed by atoms with Crippen molar-refractivity contribution in [3.05, 3.63) is 28.8 Å². The third kappa shape index (κ3) is 3.26. The van der Waals surface area contributed by atoms with Gasteiger partial charge >= 0.3 is 6.09 Å². The number of rotatable bonds is 2. The van der Waals surface area contributed by atoms with E-state index in [1.165, 1.54) is 0 Å². The molecule has 3 nitrogen and oxygen atoms in total. The Morgan fingerprint density at radius 3 is 2.60 bits per heavy atom. The quantitative estimate of drug-likeness (QED) is 0.823. The Labute approximate surface area is 124 Å². The predicted octanol–water partition coefficient (Wildman–Crippen LogP) is 4.35. The number of amides is 1. The van der Waals surface area contributed by atoms with Crippen molar-refractivity contribution >= 4 is 23.4 Å². The van der Waals surface area contributed by atoms with Crippen molar-refractivity contribution in [2.24, 2.45) is 0 Å². The second-order valence-corrected chi connectivity index (χ2v) is 6.48. The Kier molecular flexibility index (Phi) is 3.71. The van der Waals surface area contributed by atoms with Gasteiger partial charge in [-0.15, -0.1) is 6.42 Å². The first kappa shape index (κ1) is 14.7. The SMILES string of the molecule is C#CC1(c2cc(Cl)ccc2NC(=O)OC(C)(C)C)CC1. The third-order valence-electron chi connectivity index (χ3n) is 3.16. The molecule has 0 atom stereocenters. The molecular weight excluding hydrogens is 274 g/mol. The Balaban J connectivity index is 2.25. The van der Waals surface area contributed by atoms with E-state index in [2.05, 4.69) is 11.2 Å². The number of nitrogens with one attached hydrogen (secondary N) is 1. The highest BCUT2D eigenvalue weighted by Crippen LogP contribution is 2.50. The Morgan fingerprint density at radius 1 is 1.45 bits per heavy atom. The van der Waals surface area contributed by atoms with Gasteiger partial charge in [0.1, 0.15) is 5.60 Å². The monoisotopic (exact) mass is 291 g/mol. The number of hydrogen-bond acceptors (Lipinski definition) is 2. The molecule has 1 fully saturated rings. The van der Waals surface area contributed by atoms with Crippen LogP contribution in [-0.2, 0) is 10.2 Å². The summed E-state index contributed by atoms with van der Waals surface area (Å²) in [4.78, 5) is 11.9. The van der Waals surface area contributed by atoms with Crippen LogP contribution in [0, 0.1) is 12.3 Å². The van der Waals surface area contributed by atoms with Crippen LogP contribution in [0.4, 0.5) is 10.5 Å². The van der Waals surface area contributed by atoms with E-state index in [4.69, 9.17) is 22.8 Å². The van der Waals surface area contributed by atoms with Crippen LogP contribution < -0.4 is 5.32 Å². The summed E-state index contributed by atoms with van der Waals surface area (Å²) in [7, 11) is 0. The summed E-state index contributed by atoms with van der Waals surface area (Å²) in [5, 5.41) is 3.37. The molecular formula is C16H18ClNO2. The van der Waals surface area contributed by atoms with Crippen molar-refractivity contribution < 1.29 is 9.53 Å². The van der Waals surface area contributed by atoms with E-state index >= 15 is 0 Å². The Bertz CT molecular complexity index is 577. The lowest BCUT2D eigenvalue weighted by molar-refractivity contribution is 0.0636. The van der Waals surface area contributed by atoms with Crippen molar-refractivity contribution in [2.75, 3.05) is 5.32 Å². The first-order chi connectivity index (χ1) is 9.26. The minimum Gasteiger partial charge on any atom is -0.444 e. The highest BCUT2D eigenvalue weighted by Gasteiger charge is 2.44. The fraction of sp³-hybridized carbons (Fsp3) is 0.438. The van der Waals surface area contributed by atoms with Crippen molar-refractivity contribution in [3.8, 4) is 12.3 Å². The molecule has 1 saturated carbocycles. The van der Waals surface area contributed by atoms with Crippen molar-refractivity contribution in [1.29, 1.82) is 0 Å². The molecule has 1 aromatic carbocycles. The van der Waals surface area contributed by atoms with Crippen LogP contribution in [0.2, 0.25) is 5.02 Å². The van der Waals surface area contributed by atoms with E-state index < -0.39 is 11.7 Å². The molecule has 0 bridgehead atoms. The third-order valence-corrected chi connectivity index (χ3v) is 3.39. The van der Waals surface area contributed by atoms with Gasteiger partial charge in [0.2, 0.25) is 0 Å². The summed E-state index contributed by atoms with van der Waals surface area (Å²) in [5.41, 5.74) is 0.715. The molecule has 0 aromatic heterocycles. The molecule has 0 spiro atoms. The van der Waals surface area contributed by atoms with Crippen molar-refractivity contribution in [2.45, 2.75) is 44.6 Å². The molecule has 1 aliphatic rings. The molecule has 0 aliphatic heterocycles. The number of hydrogen-bond donors (Lipinski definition) is 1. The molecule has 1 aliphatic carbocycles.